The smallest absolute Gasteiger partial charge is 0.322 e. The van der Waals surface area contributed by atoms with Crippen molar-refractivity contribution >= 4 is 29.2 Å². The van der Waals surface area contributed by atoms with Gasteiger partial charge in [0.2, 0.25) is 11.8 Å². The van der Waals surface area contributed by atoms with Crippen LogP contribution in [0, 0.1) is 0 Å². The lowest BCUT2D eigenvalue weighted by Crippen LogP contribution is -2.53. The monoisotopic (exact) mass is 380 g/mol. The maximum atomic E-state index is 12.7. The van der Waals surface area contributed by atoms with E-state index in [1.807, 2.05) is 44.2 Å². The molecule has 0 spiro atoms. The summed E-state index contributed by atoms with van der Waals surface area (Å²) in [4.78, 5) is 40.4. The molecule has 1 aliphatic rings. The lowest BCUT2D eigenvalue weighted by Gasteiger charge is -2.35. The van der Waals surface area contributed by atoms with Gasteiger partial charge in [-0.2, -0.15) is 0 Å². The molecule has 28 heavy (non-hydrogen) atoms. The molecule has 0 atom stereocenters. The van der Waals surface area contributed by atoms with E-state index in [1.165, 1.54) is 9.80 Å². The number of fused-ring (bicyclic) bond motifs is 1. The fourth-order valence-corrected chi connectivity index (χ4v) is 3.10. The van der Waals surface area contributed by atoms with Crippen LogP contribution in [0.25, 0.3) is 0 Å². The minimum Gasteiger partial charge on any atom is -0.352 e. The first-order valence-electron chi connectivity index (χ1n) is 9.23. The second kappa shape index (κ2) is 8.56. The number of hydrogen-bond acceptors (Lipinski definition) is 3. The fraction of sp³-hybridized carbons (Fsp3) is 0.286. The van der Waals surface area contributed by atoms with Crippen molar-refractivity contribution in [3.8, 4) is 0 Å². The van der Waals surface area contributed by atoms with Crippen molar-refractivity contribution in [3.63, 3.8) is 0 Å². The number of urea groups is 1. The Morgan fingerprint density at radius 2 is 1.64 bits per heavy atom. The van der Waals surface area contributed by atoms with E-state index in [9.17, 15) is 14.4 Å². The van der Waals surface area contributed by atoms with Crippen LogP contribution >= 0.6 is 0 Å². The van der Waals surface area contributed by atoms with Gasteiger partial charge in [-0.15, -0.1) is 0 Å². The van der Waals surface area contributed by atoms with Gasteiger partial charge in [-0.05, 0) is 31.5 Å². The van der Waals surface area contributed by atoms with E-state index in [4.69, 9.17) is 0 Å². The number of nitrogens with one attached hydrogen (secondary N) is 2. The van der Waals surface area contributed by atoms with Crippen LogP contribution in [0.5, 0.6) is 0 Å². The summed E-state index contributed by atoms with van der Waals surface area (Å²) in [5, 5.41) is 5.64. The second-order valence-electron chi connectivity index (χ2n) is 6.92. The first-order chi connectivity index (χ1) is 13.5. The Morgan fingerprint density at radius 1 is 1.00 bits per heavy atom. The van der Waals surface area contributed by atoms with Crippen molar-refractivity contribution in [1.82, 2.24) is 10.6 Å². The molecular weight excluding hydrogens is 356 g/mol. The van der Waals surface area contributed by atoms with Crippen molar-refractivity contribution in [1.29, 1.82) is 0 Å². The third kappa shape index (κ3) is 4.49. The minimum atomic E-state index is -0.351. The van der Waals surface area contributed by atoms with Crippen molar-refractivity contribution in [2.75, 3.05) is 22.9 Å². The Labute approximate surface area is 164 Å². The molecule has 2 aromatic carbocycles. The van der Waals surface area contributed by atoms with Gasteiger partial charge in [-0.3, -0.25) is 19.4 Å². The van der Waals surface area contributed by atoms with E-state index in [0.29, 0.717) is 17.9 Å². The van der Waals surface area contributed by atoms with Crippen LogP contribution in [0.4, 0.5) is 16.2 Å². The molecule has 1 aliphatic heterocycles. The van der Waals surface area contributed by atoms with Crippen molar-refractivity contribution in [2.24, 2.45) is 0 Å². The van der Waals surface area contributed by atoms with Crippen LogP contribution in [-0.2, 0) is 16.1 Å². The highest BCUT2D eigenvalue weighted by atomic mass is 16.2. The van der Waals surface area contributed by atoms with E-state index >= 15 is 0 Å². The van der Waals surface area contributed by atoms with Gasteiger partial charge in [0, 0.05) is 12.6 Å². The molecule has 7 heteroatoms. The number of carbonyl (C=O) groups is 3. The SMILES string of the molecule is CC(C)NC(=O)CN1C(=O)CN(C(=O)NCc2ccccc2)c2ccccc21. The summed E-state index contributed by atoms with van der Waals surface area (Å²) in [5.41, 5.74) is 2.12. The summed E-state index contributed by atoms with van der Waals surface area (Å²) in [6, 6.07) is 16.3. The number of benzene rings is 2. The lowest BCUT2D eigenvalue weighted by molar-refractivity contribution is -0.123. The van der Waals surface area contributed by atoms with Crippen LogP contribution in [-0.4, -0.2) is 37.0 Å². The standard InChI is InChI=1S/C21H24N4O3/c1-15(2)23-19(26)13-24-17-10-6-7-11-18(17)25(14-20(24)27)21(28)22-12-16-8-4-3-5-9-16/h3-11,15H,12-14H2,1-2H3,(H,22,28)(H,23,26). The Kier molecular flexibility index (Phi) is 5.93. The van der Waals surface area contributed by atoms with Crippen molar-refractivity contribution < 1.29 is 14.4 Å². The zero-order valence-electron chi connectivity index (χ0n) is 16.0. The van der Waals surface area contributed by atoms with Gasteiger partial charge in [0.25, 0.3) is 0 Å². The summed E-state index contributed by atoms with van der Waals surface area (Å²) in [7, 11) is 0. The molecule has 0 aromatic heterocycles. The Morgan fingerprint density at radius 3 is 2.32 bits per heavy atom. The number of amides is 4. The summed E-state index contributed by atoms with van der Waals surface area (Å²) in [6.07, 6.45) is 0. The van der Waals surface area contributed by atoms with E-state index in [-0.39, 0.29) is 37.0 Å². The molecule has 0 unspecified atom stereocenters. The quantitative estimate of drug-likeness (QED) is 0.835. The molecule has 0 bridgehead atoms. The van der Waals surface area contributed by atoms with Gasteiger partial charge < -0.3 is 10.6 Å². The number of anilines is 2. The molecule has 0 saturated carbocycles. The zero-order chi connectivity index (χ0) is 20.1. The lowest BCUT2D eigenvalue weighted by atomic mass is 10.1. The van der Waals surface area contributed by atoms with Gasteiger partial charge in [0.15, 0.2) is 0 Å². The fourth-order valence-electron chi connectivity index (χ4n) is 3.10. The first-order valence-corrected chi connectivity index (χ1v) is 9.23. The van der Waals surface area contributed by atoms with Gasteiger partial charge in [-0.25, -0.2) is 4.79 Å². The van der Waals surface area contributed by atoms with E-state index in [2.05, 4.69) is 10.6 Å². The topological polar surface area (TPSA) is 81.8 Å². The molecule has 2 aromatic rings. The molecule has 0 aliphatic carbocycles. The van der Waals surface area contributed by atoms with Crippen molar-refractivity contribution in [2.45, 2.75) is 26.4 Å². The molecule has 146 valence electrons. The molecule has 2 N–H and O–H groups in total. The first kappa shape index (κ1) is 19.4. The molecule has 0 radical (unpaired) electrons. The molecule has 1 heterocycles. The van der Waals surface area contributed by atoms with Crippen LogP contribution in [0.15, 0.2) is 54.6 Å². The highest BCUT2D eigenvalue weighted by Crippen LogP contribution is 2.33. The average Bonchev–Trinajstić information content (AvgIpc) is 2.68. The molecular formula is C21H24N4O3. The normalized spacial score (nSPS) is 13.3. The predicted molar refractivity (Wildman–Crippen MR) is 108 cm³/mol. The van der Waals surface area contributed by atoms with Gasteiger partial charge in [0.1, 0.15) is 13.1 Å². The van der Waals surface area contributed by atoms with Crippen LogP contribution < -0.4 is 20.4 Å². The number of nitrogens with zero attached hydrogens (tertiary/aromatic N) is 2. The number of para-hydroxylation sites is 2. The average molecular weight is 380 g/mol. The van der Waals surface area contributed by atoms with Crippen molar-refractivity contribution in [3.05, 3.63) is 60.2 Å². The minimum absolute atomic E-state index is 0.0112. The maximum Gasteiger partial charge on any atom is 0.322 e. The van der Waals surface area contributed by atoms with E-state index in [1.54, 1.807) is 24.3 Å². The Balaban J connectivity index is 1.76. The second-order valence-corrected chi connectivity index (χ2v) is 6.92. The molecule has 0 saturated heterocycles. The van der Waals surface area contributed by atoms with Crippen LogP contribution in [0.2, 0.25) is 0 Å². The summed E-state index contributed by atoms with van der Waals surface area (Å²) < 4.78 is 0. The predicted octanol–water partition coefficient (Wildman–Crippen LogP) is 2.27. The van der Waals surface area contributed by atoms with Crippen LogP contribution in [0.3, 0.4) is 0 Å². The van der Waals surface area contributed by atoms with Gasteiger partial charge in [0.05, 0.1) is 11.4 Å². The van der Waals surface area contributed by atoms with E-state index in [0.717, 1.165) is 5.56 Å². The largest absolute Gasteiger partial charge is 0.352 e. The molecule has 7 nitrogen and oxygen atoms in total. The van der Waals surface area contributed by atoms with Crippen LogP contribution in [0.1, 0.15) is 19.4 Å². The Bertz CT molecular complexity index is 867. The van der Waals surface area contributed by atoms with Gasteiger partial charge >= 0.3 is 6.03 Å². The Hall–Kier alpha value is -3.35. The molecule has 3 rings (SSSR count). The highest BCUT2D eigenvalue weighted by molar-refractivity contribution is 6.12. The summed E-state index contributed by atoms with van der Waals surface area (Å²) >= 11 is 0. The van der Waals surface area contributed by atoms with E-state index < -0.39 is 0 Å². The third-order valence-electron chi connectivity index (χ3n) is 4.34. The number of carbonyl (C=O) groups excluding carboxylic acids is 3. The summed E-state index contributed by atoms with van der Waals surface area (Å²) in [6.45, 7) is 3.90. The maximum absolute atomic E-state index is 12.7. The summed E-state index contributed by atoms with van der Waals surface area (Å²) in [5.74, 6) is -0.535. The van der Waals surface area contributed by atoms with Gasteiger partial charge in [-0.1, -0.05) is 42.5 Å². The zero-order valence-corrected chi connectivity index (χ0v) is 16.0. The number of hydrogen-bond donors (Lipinski definition) is 2. The molecule has 0 fully saturated rings. The molecule has 4 amide bonds. The highest BCUT2D eigenvalue weighted by Gasteiger charge is 2.33. The number of rotatable bonds is 5. The third-order valence-corrected chi connectivity index (χ3v) is 4.34.